The minimum Gasteiger partial charge on any atom is -0.496 e. The van der Waals surface area contributed by atoms with Crippen molar-refractivity contribution in [3.05, 3.63) is 29.3 Å². The number of cyclic esters (lactones) is 1. The Balaban J connectivity index is 0.00000200. The van der Waals surface area contributed by atoms with Crippen molar-refractivity contribution < 1.29 is 14.3 Å². The van der Waals surface area contributed by atoms with Gasteiger partial charge in [0.2, 0.25) is 0 Å². The predicted molar refractivity (Wildman–Crippen MR) is 80.6 cm³/mol. The summed E-state index contributed by atoms with van der Waals surface area (Å²) < 4.78 is 10.7. The minimum absolute atomic E-state index is 0. The van der Waals surface area contributed by atoms with Crippen LogP contribution in [0.3, 0.4) is 0 Å². The van der Waals surface area contributed by atoms with Crippen LogP contribution in [0.4, 0.5) is 0 Å². The molecule has 2 N–H and O–H groups in total. The number of nitrogens with two attached hydrogens (primary N) is 1. The van der Waals surface area contributed by atoms with Crippen LogP contribution >= 0.6 is 12.4 Å². The lowest BCUT2D eigenvalue weighted by atomic mass is 9.91. The highest BCUT2D eigenvalue weighted by molar-refractivity contribution is 5.95. The fourth-order valence-electron chi connectivity index (χ4n) is 2.54. The average Bonchev–Trinajstić information content (AvgIpc) is 2.36. The number of halogens is 1. The topological polar surface area (TPSA) is 61.5 Å². The quantitative estimate of drug-likeness (QED) is 0.868. The molecule has 0 saturated heterocycles. The summed E-state index contributed by atoms with van der Waals surface area (Å²) in [6, 6.07) is 5.48. The first-order valence-electron chi connectivity index (χ1n) is 6.65. The van der Waals surface area contributed by atoms with Crippen molar-refractivity contribution in [1.82, 2.24) is 0 Å². The Morgan fingerprint density at radius 1 is 1.45 bits per heavy atom. The van der Waals surface area contributed by atoms with Gasteiger partial charge in [0.05, 0.1) is 7.11 Å². The highest BCUT2D eigenvalue weighted by Crippen LogP contribution is 2.30. The van der Waals surface area contributed by atoms with E-state index in [-0.39, 0.29) is 30.5 Å². The zero-order valence-corrected chi connectivity index (χ0v) is 12.9. The molecule has 20 heavy (non-hydrogen) atoms. The molecule has 1 aliphatic heterocycles. The highest BCUT2D eigenvalue weighted by Gasteiger charge is 2.32. The Morgan fingerprint density at radius 2 is 2.15 bits per heavy atom. The Morgan fingerprint density at radius 3 is 2.75 bits per heavy atom. The number of hydrogen-bond acceptors (Lipinski definition) is 4. The number of ether oxygens (including phenoxy) is 2. The summed E-state index contributed by atoms with van der Waals surface area (Å²) in [6.07, 6.45) is 1.26. The van der Waals surface area contributed by atoms with Crippen molar-refractivity contribution >= 4 is 18.4 Å². The number of hydrogen-bond donors (Lipinski definition) is 1. The lowest BCUT2D eigenvalue weighted by Gasteiger charge is -2.30. The molecule has 4 nitrogen and oxygen atoms in total. The van der Waals surface area contributed by atoms with Gasteiger partial charge in [0, 0.05) is 12.5 Å². The molecular weight excluding hydrogens is 278 g/mol. The predicted octanol–water partition coefficient (Wildman–Crippen LogP) is 2.57. The van der Waals surface area contributed by atoms with Crippen LogP contribution in [-0.2, 0) is 11.2 Å². The van der Waals surface area contributed by atoms with E-state index in [1.54, 1.807) is 13.2 Å². The van der Waals surface area contributed by atoms with Gasteiger partial charge in [-0.25, -0.2) is 4.79 Å². The Hall–Kier alpha value is -1.26. The van der Waals surface area contributed by atoms with E-state index < -0.39 is 0 Å². The fourth-order valence-corrected chi connectivity index (χ4v) is 2.54. The first-order chi connectivity index (χ1) is 9.02. The first kappa shape index (κ1) is 16.8. The van der Waals surface area contributed by atoms with Crippen molar-refractivity contribution in [3.8, 4) is 5.75 Å². The first-order valence-corrected chi connectivity index (χ1v) is 6.65. The fraction of sp³-hybridized carbons (Fsp3) is 0.533. The largest absolute Gasteiger partial charge is 0.496 e. The second kappa shape index (κ2) is 6.95. The van der Waals surface area contributed by atoms with E-state index in [4.69, 9.17) is 15.2 Å². The van der Waals surface area contributed by atoms with E-state index in [1.807, 2.05) is 12.1 Å². The third kappa shape index (κ3) is 3.44. The number of benzene rings is 1. The van der Waals surface area contributed by atoms with Crippen LogP contribution in [0, 0.1) is 5.92 Å². The summed E-state index contributed by atoms with van der Waals surface area (Å²) in [6.45, 7) is 4.23. The molecule has 2 atom stereocenters. The number of carbonyl (C=O) groups excluding carboxylic acids is 1. The summed E-state index contributed by atoms with van der Waals surface area (Å²) in [4.78, 5) is 12.1. The number of methoxy groups -OCH3 is 1. The normalized spacial score (nSPS) is 18.9. The SMILES string of the molecule is COc1cccc2c1C(=O)O[C@H]([C@@H](N)CC(C)C)C2.Cl. The van der Waals surface area contributed by atoms with Crippen LogP contribution in [0.1, 0.15) is 36.2 Å². The van der Waals surface area contributed by atoms with Gasteiger partial charge < -0.3 is 15.2 Å². The molecule has 0 fully saturated rings. The zero-order valence-electron chi connectivity index (χ0n) is 12.1. The van der Waals surface area contributed by atoms with Gasteiger partial charge >= 0.3 is 5.97 Å². The molecule has 1 aromatic carbocycles. The van der Waals surface area contributed by atoms with Crippen molar-refractivity contribution in [2.45, 2.75) is 38.8 Å². The van der Waals surface area contributed by atoms with Gasteiger partial charge in [0.1, 0.15) is 17.4 Å². The van der Waals surface area contributed by atoms with Crippen LogP contribution in [-0.4, -0.2) is 25.2 Å². The molecule has 0 bridgehead atoms. The molecule has 5 heteroatoms. The van der Waals surface area contributed by atoms with E-state index >= 15 is 0 Å². The molecule has 0 aromatic heterocycles. The Kier molecular flexibility index (Phi) is 5.84. The molecule has 0 unspecified atom stereocenters. The lowest BCUT2D eigenvalue weighted by molar-refractivity contribution is 0.0169. The highest BCUT2D eigenvalue weighted by atomic mass is 35.5. The standard InChI is InChI=1S/C15H21NO3.ClH/c1-9(2)7-11(16)13-8-10-5-4-6-12(18-3)14(10)15(17)19-13;/h4-6,9,11,13H,7-8,16H2,1-3H3;1H/t11-,13-;/m0./s1. The van der Waals surface area contributed by atoms with Gasteiger partial charge in [0.15, 0.2) is 0 Å². The average molecular weight is 300 g/mol. The number of rotatable bonds is 4. The lowest BCUT2D eigenvalue weighted by Crippen LogP contribution is -2.43. The van der Waals surface area contributed by atoms with Gasteiger partial charge in [-0.15, -0.1) is 12.4 Å². The molecule has 1 aliphatic rings. The summed E-state index contributed by atoms with van der Waals surface area (Å²) in [7, 11) is 1.56. The smallest absolute Gasteiger partial charge is 0.342 e. The molecule has 1 aromatic rings. The third-order valence-electron chi connectivity index (χ3n) is 3.44. The maximum absolute atomic E-state index is 12.1. The van der Waals surface area contributed by atoms with Crippen molar-refractivity contribution in [2.24, 2.45) is 11.7 Å². The second-order valence-electron chi connectivity index (χ2n) is 5.44. The summed E-state index contributed by atoms with van der Waals surface area (Å²) >= 11 is 0. The number of carbonyl (C=O) groups is 1. The molecule has 112 valence electrons. The van der Waals surface area contributed by atoms with Crippen LogP contribution in [0.25, 0.3) is 0 Å². The summed E-state index contributed by atoms with van der Waals surface area (Å²) in [5.74, 6) is 0.724. The molecule has 0 aliphatic carbocycles. The third-order valence-corrected chi connectivity index (χ3v) is 3.44. The van der Waals surface area contributed by atoms with E-state index in [2.05, 4.69) is 13.8 Å². The Labute approximate surface area is 126 Å². The van der Waals surface area contributed by atoms with Gasteiger partial charge in [-0.1, -0.05) is 26.0 Å². The van der Waals surface area contributed by atoms with Gasteiger partial charge in [-0.2, -0.15) is 0 Å². The molecular formula is C15H22ClNO3. The van der Waals surface area contributed by atoms with Crippen LogP contribution in [0.15, 0.2) is 18.2 Å². The molecule has 0 radical (unpaired) electrons. The van der Waals surface area contributed by atoms with Crippen LogP contribution in [0.5, 0.6) is 5.75 Å². The maximum Gasteiger partial charge on any atom is 0.342 e. The van der Waals surface area contributed by atoms with E-state index in [1.165, 1.54) is 0 Å². The Bertz CT molecular complexity index is 476. The number of fused-ring (bicyclic) bond motifs is 1. The van der Waals surface area contributed by atoms with Crippen LogP contribution in [0.2, 0.25) is 0 Å². The van der Waals surface area contributed by atoms with Gasteiger partial charge in [0.25, 0.3) is 0 Å². The summed E-state index contributed by atoms with van der Waals surface area (Å²) in [5, 5.41) is 0. The molecule has 2 rings (SSSR count). The van der Waals surface area contributed by atoms with Crippen LogP contribution < -0.4 is 10.5 Å². The van der Waals surface area contributed by atoms with Crippen molar-refractivity contribution in [1.29, 1.82) is 0 Å². The molecule has 0 saturated carbocycles. The van der Waals surface area contributed by atoms with Gasteiger partial charge in [-0.3, -0.25) is 0 Å². The molecule has 1 heterocycles. The zero-order chi connectivity index (χ0) is 14.0. The molecule has 0 spiro atoms. The van der Waals surface area contributed by atoms with E-state index in [0.29, 0.717) is 23.7 Å². The van der Waals surface area contributed by atoms with Crippen molar-refractivity contribution in [2.75, 3.05) is 7.11 Å². The van der Waals surface area contributed by atoms with Crippen molar-refractivity contribution in [3.63, 3.8) is 0 Å². The second-order valence-corrected chi connectivity index (χ2v) is 5.44. The summed E-state index contributed by atoms with van der Waals surface area (Å²) in [5.41, 5.74) is 7.63. The monoisotopic (exact) mass is 299 g/mol. The van der Waals surface area contributed by atoms with E-state index in [9.17, 15) is 4.79 Å². The minimum atomic E-state index is -0.331. The van der Waals surface area contributed by atoms with Gasteiger partial charge in [-0.05, 0) is 24.0 Å². The maximum atomic E-state index is 12.1. The number of esters is 1. The molecule has 0 amide bonds. The van der Waals surface area contributed by atoms with E-state index in [0.717, 1.165) is 12.0 Å².